The molecule has 3 rings (SSSR count). The molecule has 2 aromatic rings. The summed E-state index contributed by atoms with van der Waals surface area (Å²) < 4.78 is 0. The molecule has 1 aromatic heterocycles. The van der Waals surface area contributed by atoms with E-state index in [9.17, 15) is 4.79 Å². The summed E-state index contributed by atoms with van der Waals surface area (Å²) in [7, 11) is 2.11. The lowest BCUT2D eigenvalue weighted by Gasteiger charge is -2.21. The number of H-pyrrole nitrogens is 1. The minimum atomic E-state index is -0.0625. The van der Waals surface area contributed by atoms with E-state index < -0.39 is 0 Å². The van der Waals surface area contributed by atoms with Crippen molar-refractivity contribution in [3.05, 3.63) is 51.0 Å². The summed E-state index contributed by atoms with van der Waals surface area (Å²) in [6.07, 6.45) is 4.67. The lowest BCUT2D eigenvalue weighted by atomic mass is 10.1. The Bertz CT molecular complexity index is 781. The van der Waals surface area contributed by atoms with Crippen molar-refractivity contribution < 1.29 is 0 Å². The molecule has 22 heavy (non-hydrogen) atoms. The summed E-state index contributed by atoms with van der Waals surface area (Å²) in [6.45, 7) is 4.84. The van der Waals surface area contributed by atoms with Crippen LogP contribution >= 0.6 is 11.8 Å². The second-order valence-corrected chi connectivity index (χ2v) is 7.11. The summed E-state index contributed by atoms with van der Waals surface area (Å²) in [5, 5.41) is 2.71. The smallest absolute Gasteiger partial charge is 0.258 e. The van der Waals surface area contributed by atoms with Crippen LogP contribution in [0.2, 0.25) is 0 Å². The first-order valence-electron chi connectivity index (χ1n) is 7.64. The van der Waals surface area contributed by atoms with E-state index in [4.69, 9.17) is 0 Å². The fourth-order valence-electron chi connectivity index (χ4n) is 2.75. The van der Waals surface area contributed by atoms with E-state index in [-0.39, 0.29) is 5.56 Å². The van der Waals surface area contributed by atoms with Gasteiger partial charge in [-0.3, -0.25) is 4.79 Å². The van der Waals surface area contributed by atoms with Crippen molar-refractivity contribution in [1.82, 2.24) is 14.9 Å². The van der Waals surface area contributed by atoms with Crippen LogP contribution < -0.4 is 5.56 Å². The molecule has 0 saturated carbocycles. The molecule has 1 aromatic carbocycles. The third kappa shape index (κ3) is 3.04. The lowest BCUT2D eigenvalue weighted by Crippen LogP contribution is -2.16. The average Bonchev–Trinajstić information content (AvgIpc) is 2.97. The van der Waals surface area contributed by atoms with Crippen molar-refractivity contribution in [2.24, 2.45) is 0 Å². The summed E-state index contributed by atoms with van der Waals surface area (Å²) in [6, 6.07) is 5.95. The van der Waals surface area contributed by atoms with E-state index in [0.29, 0.717) is 16.5 Å². The molecule has 1 unspecified atom stereocenters. The first-order chi connectivity index (χ1) is 10.6. The number of allylic oxidation sites excluding steroid dienone is 1. The van der Waals surface area contributed by atoms with Crippen LogP contribution in [0, 0.1) is 6.92 Å². The Labute approximate surface area is 134 Å². The fourth-order valence-corrected chi connectivity index (χ4v) is 3.89. The van der Waals surface area contributed by atoms with Crippen LogP contribution in [0.15, 0.2) is 34.1 Å². The lowest BCUT2D eigenvalue weighted by molar-refractivity contribution is 0.440. The van der Waals surface area contributed by atoms with E-state index in [1.807, 2.05) is 23.9 Å². The van der Waals surface area contributed by atoms with Crippen molar-refractivity contribution >= 4 is 22.7 Å². The van der Waals surface area contributed by atoms with Gasteiger partial charge in [-0.05, 0) is 37.5 Å². The van der Waals surface area contributed by atoms with E-state index in [2.05, 4.69) is 41.0 Å². The summed E-state index contributed by atoms with van der Waals surface area (Å²) >= 11 is 1.95. The van der Waals surface area contributed by atoms with Gasteiger partial charge in [0.1, 0.15) is 5.82 Å². The highest BCUT2D eigenvalue weighted by Gasteiger charge is 2.19. The molecule has 116 valence electrons. The van der Waals surface area contributed by atoms with Gasteiger partial charge in [0.15, 0.2) is 0 Å². The monoisotopic (exact) mass is 315 g/mol. The zero-order chi connectivity index (χ0) is 15.7. The van der Waals surface area contributed by atoms with Crippen LogP contribution in [0.4, 0.5) is 0 Å². The minimum Gasteiger partial charge on any atom is -0.365 e. The predicted octanol–water partition coefficient (Wildman–Crippen LogP) is 3.42. The average molecular weight is 315 g/mol. The van der Waals surface area contributed by atoms with Crippen molar-refractivity contribution in [3.63, 3.8) is 0 Å². The van der Waals surface area contributed by atoms with Gasteiger partial charge in [-0.1, -0.05) is 19.1 Å². The molecule has 0 aliphatic carbocycles. The third-order valence-corrected chi connectivity index (χ3v) is 5.56. The third-order valence-electron chi connectivity index (χ3n) is 3.98. The Kier molecular flexibility index (Phi) is 4.25. The fraction of sp³-hybridized carbons (Fsp3) is 0.412. The molecule has 0 fully saturated rings. The highest BCUT2D eigenvalue weighted by molar-refractivity contribution is 8.03. The van der Waals surface area contributed by atoms with Crippen molar-refractivity contribution in [2.75, 3.05) is 7.05 Å². The standard InChI is InChI=1S/C17H21N3OS/c1-4-13-6-8-16(22-13)20(3)10-12-5-7-15-14(9-12)17(21)19-11(2)18-15/h5,7-9,13H,4,6,10H2,1-3H3,(H,18,19,21). The Morgan fingerprint density at radius 3 is 3.00 bits per heavy atom. The number of aryl methyl sites for hydroxylation is 1. The number of hydrogen-bond acceptors (Lipinski definition) is 4. The molecular formula is C17H21N3OS. The van der Waals surface area contributed by atoms with E-state index in [0.717, 1.165) is 24.0 Å². The van der Waals surface area contributed by atoms with Crippen molar-refractivity contribution in [1.29, 1.82) is 0 Å². The van der Waals surface area contributed by atoms with E-state index >= 15 is 0 Å². The van der Waals surface area contributed by atoms with Crippen LogP contribution in [-0.2, 0) is 6.54 Å². The Morgan fingerprint density at radius 2 is 2.27 bits per heavy atom. The molecule has 0 radical (unpaired) electrons. The zero-order valence-electron chi connectivity index (χ0n) is 13.2. The number of rotatable bonds is 4. The van der Waals surface area contributed by atoms with Gasteiger partial charge in [0.05, 0.1) is 15.9 Å². The van der Waals surface area contributed by atoms with Crippen LogP contribution in [0.5, 0.6) is 0 Å². The van der Waals surface area contributed by atoms with E-state index in [1.54, 1.807) is 6.92 Å². The van der Waals surface area contributed by atoms with Crippen LogP contribution in [-0.4, -0.2) is 27.2 Å². The molecule has 0 amide bonds. The summed E-state index contributed by atoms with van der Waals surface area (Å²) in [5.74, 6) is 0.653. The number of aromatic amines is 1. The van der Waals surface area contributed by atoms with Crippen molar-refractivity contribution in [3.8, 4) is 0 Å². The molecule has 4 nitrogen and oxygen atoms in total. The zero-order valence-corrected chi connectivity index (χ0v) is 14.0. The first-order valence-corrected chi connectivity index (χ1v) is 8.52. The molecule has 5 heteroatoms. The van der Waals surface area contributed by atoms with Gasteiger partial charge in [0, 0.05) is 18.8 Å². The number of hydrogen-bond donors (Lipinski definition) is 1. The van der Waals surface area contributed by atoms with E-state index in [1.165, 1.54) is 11.4 Å². The van der Waals surface area contributed by atoms with Crippen LogP contribution in [0.1, 0.15) is 31.2 Å². The van der Waals surface area contributed by atoms with Gasteiger partial charge in [-0.15, -0.1) is 11.8 Å². The molecule has 1 N–H and O–H groups in total. The molecule has 1 atom stereocenters. The number of nitrogens with zero attached hydrogens (tertiary/aromatic N) is 2. The molecule has 0 bridgehead atoms. The quantitative estimate of drug-likeness (QED) is 0.939. The topological polar surface area (TPSA) is 49.0 Å². The number of fused-ring (bicyclic) bond motifs is 1. The Hall–Kier alpha value is -1.75. The predicted molar refractivity (Wildman–Crippen MR) is 92.9 cm³/mol. The molecular weight excluding hydrogens is 294 g/mol. The summed E-state index contributed by atoms with van der Waals surface area (Å²) in [4.78, 5) is 21.4. The van der Waals surface area contributed by atoms with Gasteiger partial charge in [0.25, 0.3) is 5.56 Å². The second-order valence-electron chi connectivity index (χ2n) is 5.79. The van der Waals surface area contributed by atoms with Gasteiger partial charge < -0.3 is 9.88 Å². The maximum Gasteiger partial charge on any atom is 0.258 e. The number of benzene rings is 1. The van der Waals surface area contributed by atoms with Gasteiger partial charge in [-0.2, -0.15) is 0 Å². The summed E-state index contributed by atoms with van der Waals surface area (Å²) in [5.41, 5.74) is 1.83. The van der Waals surface area contributed by atoms with Crippen LogP contribution in [0.25, 0.3) is 10.9 Å². The number of nitrogens with one attached hydrogen (secondary N) is 1. The van der Waals surface area contributed by atoms with Gasteiger partial charge in [0.2, 0.25) is 0 Å². The highest BCUT2D eigenvalue weighted by Crippen LogP contribution is 2.36. The van der Waals surface area contributed by atoms with Gasteiger partial charge >= 0.3 is 0 Å². The molecule has 0 spiro atoms. The van der Waals surface area contributed by atoms with Crippen LogP contribution in [0.3, 0.4) is 0 Å². The largest absolute Gasteiger partial charge is 0.365 e. The highest BCUT2D eigenvalue weighted by atomic mass is 32.2. The maximum atomic E-state index is 12.1. The first kappa shape index (κ1) is 15.2. The SMILES string of the molecule is CCC1CC=C(N(C)Cc2ccc3nc(C)[nH]c(=O)c3c2)S1. The molecule has 0 saturated heterocycles. The van der Waals surface area contributed by atoms with Crippen molar-refractivity contribution in [2.45, 2.75) is 38.5 Å². The van der Waals surface area contributed by atoms with Gasteiger partial charge in [-0.25, -0.2) is 4.98 Å². The molecule has 1 aliphatic rings. The maximum absolute atomic E-state index is 12.1. The normalized spacial score (nSPS) is 17.8. The molecule has 1 aliphatic heterocycles. The Balaban J connectivity index is 1.81. The number of aromatic nitrogens is 2. The minimum absolute atomic E-state index is 0.0625. The Morgan fingerprint density at radius 1 is 1.45 bits per heavy atom. The molecule has 2 heterocycles. The number of thioether (sulfide) groups is 1. The second kappa shape index (κ2) is 6.16.